The largest absolute Gasteiger partial charge is 0.315 e. The van der Waals surface area contributed by atoms with Gasteiger partial charge in [0.15, 0.2) is 15.0 Å². The summed E-state index contributed by atoms with van der Waals surface area (Å²) >= 11 is 13.8. The third kappa shape index (κ3) is 4.11. The number of fused-ring (bicyclic) bond motifs is 1. The fraction of sp³-hybridized carbons (Fsp3) is 0.278. The molecule has 9 heteroatoms. The van der Waals surface area contributed by atoms with E-state index in [9.17, 15) is 12.8 Å². The predicted octanol–water partition coefficient (Wildman–Crippen LogP) is 4.41. The zero-order chi connectivity index (χ0) is 19.2. The van der Waals surface area contributed by atoms with Crippen molar-refractivity contribution in [2.75, 3.05) is 16.4 Å². The highest BCUT2D eigenvalue weighted by atomic mass is 35.5. The number of hydrogen-bond acceptors (Lipinski definition) is 5. The van der Waals surface area contributed by atoms with E-state index in [0.717, 1.165) is 16.4 Å². The molecule has 2 aromatic carbocycles. The van der Waals surface area contributed by atoms with Gasteiger partial charge in [-0.3, -0.25) is 4.99 Å². The van der Waals surface area contributed by atoms with Crippen LogP contribution in [0.15, 0.2) is 47.5 Å². The average molecular weight is 445 g/mol. The summed E-state index contributed by atoms with van der Waals surface area (Å²) in [5.74, 6) is 0.405. The van der Waals surface area contributed by atoms with Gasteiger partial charge in [-0.2, -0.15) is 0 Å². The molecule has 0 N–H and O–H groups in total. The van der Waals surface area contributed by atoms with Crippen LogP contribution in [0.1, 0.15) is 5.56 Å². The van der Waals surface area contributed by atoms with Gasteiger partial charge in [0.05, 0.1) is 23.6 Å². The van der Waals surface area contributed by atoms with Crippen LogP contribution in [0, 0.1) is 5.82 Å². The summed E-state index contributed by atoms with van der Waals surface area (Å²) in [5, 5.41) is 1.68. The van der Waals surface area contributed by atoms with Gasteiger partial charge >= 0.3 is 0 Å². The van der Waals surface area contributed by atoms with Gasteiger partial charge in [-0.1, -0.05) is 47.1 Å². The van der Waals surface area contributed by atoms with Crippen molar-refractivity contribution in [1.29, 1.82) is 0 Å². The van der Waals surface area contributed by atoms with E-state index >= 15 is 0 Å². The molecule has 1 saturated heterocycles. The summed E-state index contributed by atoms with van der Waals surface area (Å²) < 4.78 is 37.3. The summed E-state index contributed by atoms with van der Waals surface area (Å²) in [5.41, 5.74) is 1.68. The van der Waals surface area contributed by atoms with Gasteiger partial charge in [-0.05, 0) is 35.9 Å². The lowest BCUT2D eigenvalue weighted by atomic mass is 10.1. The number of sulfone groups is 1. The molecular formula is C18H15Cl2FN2O2S2. The van der Waals surface area contributed by atoms with Crippen LogP contribution in [0.5, 0.6) is 0 Å². The third-order valence-corrected chi connectivity index (χ3v) is 7.69. The Kier molecular flexibility index (Phi) is 5.14. The summed E-state index contributed by atoms with van der Waals surface area (Å²) in [6, 6.07) is 10.9. The first-order valence-corrected chi connectivity index (χ1v) is 11.8. The molecule has 0 unspecified atom stereocenters. The minimum absolute atomic E-state index is 0.0447. The van der Waals surface area contributed by atoms with Crippen molar-refractivity contribution in [3.8, 4) is 0 Å². The van der Waals surface area contributed by atoms with Crippen LogP contribution in [-0.4, -0.2) is 37.2 Å². The second kappa shape index (κ2) is 7.28. The molecule has 4 rings (SSSR count). The second-order valence-electron chi connectivity index (χ2n) is 6.54. The van der Waals surface area contributed by atoms with E-state index in [4.69, 9.17) is 23.2 Å². The van der Waals surface area contributed by atoms with Crippen LogP contribution < -0.4 is 4.90 Å². The van der Waals surface area contributed by atoms with Gasteiger partial charge in [0.2, 0.25) is 0 Å². The second-order valence-corrected chi connectivity index (χ2v) is 10.5. The molecule has 0 aromatic heterocycles. The maximum absolute atomic E-state index is 13.1. The van der Waals surface area contributed by atoms with Crippen LogP contribution in [0.2, 0.25) is 10.0 Å². The average Bonchev–Trinajstić information content (AvgIpc) is 3.04. The van der Waals surface area contributed by atoms with E-state index in [0.29, 0.717) is 15.8 Å². The molecule has 2 aliphatic rings. The summed E-state index contributed by atoms with van der Waals surface area (Å²) in [4.78, 5) is 6.58. The van der Waals surface area contributed by atoms with E-state index in [1.165, 1.54) is 23.9 Å². The molecule has 0 aliphatic carbocycles. The van der Waals surface area contributed by atoms with Crippen LogP contribution in [0.4, 0.5) is 10.1 Å². The van der Waals surface area contributed by atoms with E-state index in [-0.39, 0.29) is 29.4 Å². The molecule has 2 atom stereocenters. The first-order chi connectivity index (χ1) is 12.8. The summed E-state index contributed by atoms with van der Waals surface area (Å²) in [6.45, 7) is 0. The standard InChI is InChI=1S/C18H15Cl2FN2O2S2/c19-12-5-13(20)7-15(6-12)23-17-10-27(24,25)9-16(17)22-18(23)26-8-11-1-3-14(21)4-2-11/h1-7,16-17H,8-10H2/t16-,17-/m0/s1. The van der Waals surface area contributed by atoms with Crippen LogP contribution in [0.3, 0.4) is 0 Å². The Morgan fingerprint density at radius 2 is 1.78 bits per heavy atom. The maximum Gasteiger partial charge on any atom is 0.164 e. The Hall–Kier alpha value is -1.28. The SMILES string of the molecule is O=S1(=O)C[C@@H]2N=C(SCc3ccc(F)cc3)N(c3cc(Cl)cc(Cl)c3)[C@H]2C1. The molecule has 2 aliphatic heterocycles. The van der Waals surface area contributed by atoms with Gasteiger partial charge in [-0.15, -0.1) is 0 Å². The van der Waals surface area contributed by atoms with Crippen LogP contribution >= 0.6 is 35.0 Å². The number of aliphatic imine (C=N–C) groups is 1. The van der Waals surface area contributed by atoms with E-state index in [2.05, 4.69) is 4.99 Å². The monoisotopic (exact) mass is 444 g/mol. The molecule has 0 amide bonds. The van der Waals surface area contributed by atoms with Gasteiger partial charge in [-0.25, -0.2) is 12.8 Å². The van der Waals surface area contributed by atoms with Crippen molar-refractivity contribution in [2.45, 2.75) is 17.8 Å². The van der Waals surface area contributed by atoms with Gasteiger partial charge in [0, 0.05) is 21.5 Å². The Bertz CT molecular complexity index is 992. The Balaban J connectivity index is 1.64. The lowest BCUT2D eigenvalue weighted by Crippen LogP contribution is -2.39. The normalized spacial score (nSPS) is 23.4. The number of nitrogens with zero attached hydrogens (tertiary/aromatic N) is 2. The number of halogens is 3. The predicted molar refractivity (Wildman–Crippen MR) is 110 cm³/mol. The van der Waals surface area contributed by atoms with Gasteiger partial charge in [0.25, 0.3) is 0 Å². The van der Waals surface area contributed by atoms with Crippen molar-refractivity contribution in [2.24, 2.45) is 4.99 Å². The molecule has 2 heterocycles. The Labute approximate surface area is 171 Å². The Morgan fingerprint density at radius 3 is 2.44 bits per heavy atom. The van der Waals surface area contributed by atoms with Crippen LogP contribution in [0.25, 0.3) is 0 Å². The fourth-order valence-electron chi connectivity index (χ4n) is 3.34. The maximum atomic E-state index is 13.1. The molecule has 1 fully saturated rings. The summed E-state index contributed by atoms with van der Waals surface area (Å²) in [7, 11) is -3.13. The minimum atomic E-state index is -3.13. The molecule has 0 bridgehead atoms. The van der Waals surface area contributed by atoms with E-state index in [1.807, 2.05) is 4.90 Å². The smallest absolute Gasteiger partial charge is 0.164 e. The zero-order valence-electron chi connectivity index (χ0n) is 14.0. The van der Waals surface area contributed by atoms with Gasteiger partial charge in [0.1, 0.15) is 5.82 Å². The highest BCUT2D eigenvalue weighted by Crippen LogP contribution is 2.37. The van der Waals surface area contributed by atoms with E-state index < -0.39 is 9.84 Å². The number of benzene rings is 2. The first kappa shape index (κ1) is 19.1. The highest BCUT2D eigenvalue weighted by Gasteiger charge is 2.47. The van der Waals surface area contributed by atoms with Gasteiger partial charge < -0.3 is 4.90 Å². The molecule has 2 aromatic rings. The highest BCUT2D eigenvalue weighted by molar-refractivity contribution is 8.13. The molecule has 142 valence electrons. The number of hydrogen-bond donors (Lipinski definition) is 0. The topological polar surface area (TPSA) is 49.7 Å². The minimum Gasteiger partial charge on any atom is -0.315 e. The first-order valence-electron chi connectivity index (χ1n) is 8.21. The molecule has 0 radical (unpaired) electrons. The van der Waals surface area contributed by atoms with Crippen molar-refractivity contribution in [3.63, 3.8) is 0 Å². The fourth-order valence-corrected chi connectivity index (χ4v) is 6.78. The number of amidine groups is 1. The molecule has 27 heavy (non-hydrogen) atoms. The lowest BCUT2D eigenvalue weighted by Gasteiger charge is -2.27. The third-order valence-electron chi connectivity index (χ3n) is 4.51. The zero-order valence-corrected chi connectivity index (χ0v) is 17.1. The van der Waals surface area contributed by atoms with Crippen molar-refractivity contribution < 1.29 is 12.8 Å². The molecular weight excluding hydrogens is 430 g/mol. The van der Waals surface area contributed by atoms with Crippen molar-refractivity contribution >= 4 is 55.7 Å². The van der Waals surface area contributed by atoms with E-state index in [1.54, 1.807) is 30.3 Å². The quantitative estimate of drug-likeness (QED) is 0.703. The number of anilines is 1. The Morgan fingerprint density at radius 1 is 1.11 bits per heavy atom. The summed E-state index contributed by atoms with van der Waals surface area (Å²) in [6.07, 6.45) is 0. The molecule has 0 saturated carbocycles. The van der Waals surface area contributed by atoms with Crippen LogP contribution in [-0.2, 0) is 15.6 Å². The number of thioether (sulfide) groups is 1. The molecule has 4 nitrogen and oxygen atoms in total. The van der Waals surface area contributed by atoms with Crippen molar-refractivity contribution in [3.05, 3.63) is 63.9 Å². The molecule has 0 spiro atoms. The lowest BCUT2D eigenvalue weighted by molar-refractivity contribution is 0.601. The number of rotatable bonds is 3. The van der Waals surface area contributed by atoms with Crippen molar-refractivity contribution in [1.82, 2.24) is 0 Å².